The van der Waals surface area contributed by atoms with Crippen molar-refractivity contribution in [3.8, 4) is 33.4 Å². The molecular weight excluding hydrogens is 625 g/mol. The van der Waals surface area contributed by atoms with Crippen LogP contribution in [0.3, 0.4) is 0 Å². The molecule has 0 nitrogen and oxygen atoms in total. The van der Waals surface area contributed by atoms with Crippen molar-refractivity contribution >= 4 is 64.6 Å². The zero-order valence-corrected chi connectivity index (χ0v) is 30.5. The fraction of sp³-hybridized carbons (Fsp3) is 0.154. The fourth-order valence-electron chi connectivity index (χ4n) is 9.73. The maximum Gasteiger partial charge on any atom is 0.0159 e. The molecule has 11 rings (SSSR count). The van der Waals surface area contributed by atoms with Crippen molar-refractivity contribution in [1.29, 1.82) is 0 Å². The summed E-state index contributed by atoms with van der Waals surface area (Å²) in [5, 5.41) is 16.1. The summed E-state index contributed by atoms with van der Waals surface area (Å²) < 4.78 is 0. The highest BCUT2D eigenvalue weighted by Crippen LogP contribution is 2.52. The molecular formula is C52H40. The molecule has 0 N–H and O–H groups in total. The van der Waals surface area contributed by atoms with E-state index in [-0.39, 0.29) is 10.8 Å². The second kappa shape index (κ2) is 10.2. The molecule has 0 saturated carbocycles. The van der Waals surface area contributed by atoms with Crippen LogP contribution in [0.4, 0.5) is 0 Å². The lowest BCUT2D eigenvalue weighted by molar-refractivity contribution is 0.507. The molecule has 0 saturated heterocycles. The van der Waals surface area contributed by atoms with Crippen molar-refractivity contribution in [2.24, 2.45) is 0 Å². The summed E-state index contributed by atoms with van der Waals surface area (Å²) in [7, 11) is 0. The van der Waals surface area contributed by atoms with E-state index >= 15 is 0 Å². The molecule has 1 aliphatic carbocycles. The lowest BCUT2D eigenvalue weighted by Crippen LogP contribution is -2.15. The Hall–Kier alpha value is -5.72. The molecule has 0 aromatic heterocycles. The van der Waals surface area contributed by atoms with E-state index in [1.807, 2.05) is 0 Å². The number of hydrogen-bond donors (Lipinski definition) is 0. The van der Waals surface area contributed by atoms with Crippen LogP contribution >= 0.6 is 0 Å². The van der Waals surface area contributed by atoms with Crippen molar-refractivity contribution in [2.45, 2.75) is 51.9 Å². The minimum atomic E-state index is -0.132. The van der Waals surface area contributed by atoms with Gasteiger partial charge in [-0.2, -0.15) is 0 Å². The predicted molar refractivity (Wildman–Crippen MR) is 226 cm³/mol. The molecule has 0 aliphatic heterocycles. The molecule has 0 unspecified atom stereocenters. The van der Waals surface area contributed by atoms with Crippen LogP contribution in [0.5, 0.6) is 0 Å². The van der Waals surface area contributed by atoms with E-state index in [2.05, 4.69) is 174 Å². The van der Waals surface area contributed by atoms with Gasteiger partial charge in [0, 0.05) is 5.41 Å². The van der Waals surface area contributed by atoms with E-state index in [1.54, 1.807) is 0 Å². The maximum absolute atomic E-state index is 2.49. The molecule has 10 aromatic carbocycles. The average molecular weight is 665 g/mol. The summed E-state index contributed by atoms with van der Waals surface area (Å²) >= 11 is 0. The van der Waals surface area contributed by atoms with Crippen LogP contribution in [-0.2, 0) is 10.8 Å². The molecule has 1 aliphatic rings. The highest BCUT2D eigenvalue weighted by Gasteiger charge is 2.36. The first-order valence-electron chi connectivity index (χ1n) is 18.9. The fourth-order valence-corrected chi connectivity index (χ4v) is 9.73. The normalized spacial score (nSPS) is 14.1. The van der Waals surface area contributed by atoms with Crippen LogP contribution in [0.25, 0.3) is 98.0 Å². The van der Waals surface area contributed by atoms with Gasteiger partial charge in [0.1, 0.15) is 0 Å². The minimum Gasteiger partial charge on any atom is -0.0646 e. The average Bonchev–Trinajstić information content (AvgIpc) is 3.40. The molecule has 0 amide bonds. The van der Waals surface area contributed by atoms with Gasteiger partial charge in [0.2, 0.25) is 0 Å². The number of fused-ring (bicyclic) bond motifs is 3. The van der Waals surface area contributed by atoms with Crippen molar-refractivity contribution in [1.82, 2.24) is 0 Å². The summed E-state index contributed by atoms with van der Waals surface area (Å²) in [5.74, 6) is 0. The standard InChI is InChI=1S/C52H40/c1-6-51(2,3)38-26-36-13-12-33-15-21-40(44-25-19-37(27-38)48(36)50(33)44)35-18-23-42-41-22-17-34(28-45(41)52(4,5)46(42)29-35)39-20-14-32-11-10-30-8-7-9-31-16-24-43(39)49(32)47(30)31/h7-29H,6H2,1-5H3. The van der Waals surface area contributed by atoms with Crippen LogP contribution in [0.2, 0.25) is 0 Å². The van der Waals surface area contributed by atoms with Crippen LogP contribution in [0, 0.1) is 0 Å². The zero-order valence-electron chi connectivity index (χ0n) is 30.5. The molecule has 0 atom stereocenters. The van der Waals surface area contributed by atoms with Gasteiger partial charge in [0.25, 0.3) is 0 Å². The van der Waals surface area contributed by atoms with E-state index in [4.69, 9.17) is 0 Å². The highest BCUT2D eigenvalue weighted by atomic mass is 14.4. The van der Waals surface area contributed by atoms with E-state index in [1.165, 1.54) is 115 Å². The number of hydrogen-bond acceptors (Lipinski definition) is 0. The topological polar surface area (TPSA) is 0 Å². The third kappa shape index (κ3) is 3.93. The van der Waals surface area contributed by atoms with Gasteiger partial charge in [-0.1, -0.05) is 162 Å². The SMILES string of the molecule is CCC(C)(C)c1cc2ccc3ccc(-c4ccc5c(c4)C(C)(C)c4cc(-c6ccc7ccc8cccc9ccc6c7c89)ccc4-5)c4ccc(c1)c2c34. The first-order chi connectivity index (χ1) is 25.2. The van der Waals surface area contributed by atoms with Gasteiger partial charge >= 0.3 is 0 Å². The van der Waals surface area contributed by atoms with E-state index in [0.717, 1.165) is 6.42 Å². The van der Waals surface area contributed by atoms with E-state index in [0.29, 0.717) is 0 Å². The van der Waals surface area contributed by atoms with Gasteiger partial charge in [0.05, 0.1) is 0 Å². The van der Waals surface area contributed by atoms with Crippen molar-refractivity contribution < 1.29 is 0 Å². The molecule has 52 heavy (non-hydrogen) atoms. The Morgan fingerprint density at radius 3 is 1.35 bits per heavy atom. The van der Waals surface area contributed by atoms with E-state index < -0.39 is 0 Å². The number of rotatable bonds is 4. The predicted octanol–water partition coefficient (Wildman–Crippen LogP) is 14.8. The maximum atomic E-state index is 2.49. The van der Waals surface area contributed by atoms with Gasteiger partial charge in [-0.25, -0.2) is 0 Å². The van der Waals surface area contributed by atoms with Crippen molar-refractivity contribution in [3.05, 3.63) is 156 Å². The zero-order chi connectivity index (χ0) is 35.1. The summed E-state index contributed by atoms with van der Waals surface area (Å²) in [5.41, 5.74) is 12.2. The van der Waals surface area contributed by atoms with Crippen LogP contribution in [0.1, 0.15) is 57.7 Å². The monoisotopic (exact) mass is 664 g/mol. The molecule has 0 radical (unpaired) electrons. The Morgan fingerprint density at radius 2 is 0.827 bits per heavy atom. The Balaban J connectivity index is 1.04. The van der Waals surface area contributed by atoms with Gasteiger partial charge in [-0.05, 0) is 139 Å². The van der Waals surface area contributed by atoms with E-state index in [9.17, 15) is 0 Å². The van der Waals surface area contributed by atoms with Crippen LogP contribution in [0.15, 0.2) is 140 Å². The van der Waals surface area contributed by atoms with Crippen LogP contribution < -0.4 is 0 Å². The Labute approximate surface area is 305 Å². The third-order valence-electron chi connectivity index (χ3n) is 13.1. The van der Waals surface area contributed by atoms with Gasteiger partial charge in [0.15, 0.2) is 0 Å². The van der Waals surface area contributed by atoms with Crippen molar-refractivity contribution in [2.75, 3.05) is 0 Å². The molecule has 0 bridgehead atoms. The molecule has 248 valence electrons. The smallest absolute Gasteiger partial charge is 0.0159 e. The Kier molecular flexibility index (Phi) is 5.88. The van der Waals surface area contributed by atoms with Crippen LogP contribution in [-0.4, -0.2) is 0 Å². The summed E-state index contributed by atoms with van der Waals surface area (Å²) in [4.78, 5) is 0. The molecule has 10 aromatic rings. The molecule has 0 spiro atoms. The Bertz CT molecular complexity index is 3060. The second-order valence-electron chi connectivity index (χ2n) is 16.5. The second-order valence-corrected chi connectivity index (χ2v) is 16.5. The lowest BCUT2D eigenvalue weighted by Gasteiger charge is -2.25. The first-order valence-corrected chi connectivity index (χ1v) is 18.9. The van der Waals surface area contributed by atoms with Gasteiger partial charge < -0.3 is 0 Å². The summed E-state index contributed by atoms with van der Waals surface area (Å²) in [6, 6.07) is 53.8. The molecule has 0 fully saturated rings. The lowest BCUT2D eigenvalue weighted by atomic mass is 9.79. The quantitative estimate of drug-likeness (QED) is 0.164. The van der Waals surface area contributed by atoms with Gasteiger partial charge in [-0.3, -0.25) is 0 Å². The summed E-state index contributed by atoms with van der Waals surface area (Å²) in [6.07, 6.45) is 1.12. The summed E-state index contributed by atoms with van der Waals surface area (Å²) in [6.45, 7) is 11.8. The largest absolute Gasteiger partial charge is 0.0646 e. The van der Waals surface area contributed by atoms with Crippen molar-refractivity contribution in [3.63, 3.8) is 0 Å². The van der Waals surface area contributed by atoms with Gasteiger partial charge in [-0.15, -0.1) is 0 Å². The molecule has 0 heterocycles. The highest BCUT2D eigenvalue weighted by molar-refractivity contribution is 6.27. The first kappa shape index (κ1) is 30.0. The number of benzene rings is 10. The Morgan fingerprint density at radius 1 is 0.423 bits per heavy atom. The minimum absolute atomic E-state index is 0.132. The molecule has 0 heteroatoms. The third-order valence-corrected chi connectivity index (χ3v) is 13.1.